The van der Waals surface area contributed by atoms with Gasteiger partial charge in [0.1, 0.15) is 0 Å². The Kier molecular flexibility index (Phi) is 7.92. The van der Waals surface area contributed by atoms with Gasteiger partial charge in [-0.05, 0) is 50.6 Å². The van der Waals surface area contributed by atoms with Crippen molar-refractivity contribution in [3.63, 3.8) is 0 Å². The van der Waals surface area contributed by atoms with E-state index in [1.54, 1.807) is 0 Å². The number of aliphatic imine (C=N–C) groups is 1. The first-order valence-electron chi connectivity index (χ1n) is 10.7. The van der Waals surface area contributed by atoms with Crippen LogP contribution in [0.1, 0.15) is 30.0 Å². The van der Waals surface area contributed by atoms with E-state index in [1.807, 2.05) is 24.3 Å². The molecule has 0 spiro atoms. The fourth-order valence-electron chi connectivity index (χ4n) is 3.58. The fraction of sp³-hybridized carbons (Fsp3) is 0.435. The Morgan fingerprint density at radius 2 is 1.77 bits per heavy atom. The van der Waals surface area contributed by atoms with E-state index in [4.69, 9.17) is 4.99 Å². The van der Waals surface area contributed by atoms with Crippen molar-refractivity contribution >= 4 is 21.7 Å². The van der Waals surface area contributed by atoms with Crippen LogP contribution in [-0.2, 0) is 22.3 Å². The summed E-state index contributed by atoms with van der Waals surface area (Å²) in [6.45, 7) is 7.46. The van der Waals surface area contributed by atoms with Crippen molar-refractivity contribution in [1.29, 1.82) is 0 Å². The second-order valence-electron chi connectivity index (χ2n) is 7.89. The molecule has 8 heteroatoms. The highest BCUT2D eigenvalue weighted by atomic mass is 32.2. The van der Waals surface area contributed by atoms with Crippen molar-refractivity contribution in [2.45, 2.75) is 38.6 Å². The highest BCUT2D eigenvalue weighted by molar-refractivity contribution is 7.88. The fourth-order valence-corrected chi connectivity index (χ4v) is 4.36. The topological polar surface area (TPSA) is 85.8 Å². The molecule has 1 fully saturated rings. The molecule has 3 rings (SSSR count). The van der Waals surface area contributed by atoms with Gasteiger partial charge in [0.15, 0.2) is 5.96 Å². The van der Waals surface area contributed by atoms with Crippen LogP contribution in [0.25, 0.3) is 0 Å². The van der Waals surface area contributed by atoms with Crippen LogP contribution in [0.5, 0.6) is 0 Å². The molecule has 2 aromatic carbocycles. The lowest BCUT2D eigenvalue weighted by atomic mass is 10.1. The lowest BCUT2D eigenvalue weighted by molar-refractivity contribution is 0.587. The zero-order valence-corrected chi connectivity index (χ0v) is 19.4. The Labute approximate surface area is 186 Å². The number of benzene rings is 2. The van der Waals surface area contributed by atoms with Gasteiger partial charge in [-0.25, -0.2) is 18.1 Å². The van der Waals surface area contributed by atoms with Gasteiger partial charge in [0, 0.05) is 31.4 Å². The minimum Gasteiger partial charge on any atom is -0.369 e. The van der Waals surface area contributed by atoms with Gasteiger partial charge in [-0.3, -0.25) is 0 Å². The van der Waals surface area contributed by atoms with Crippen LogP contribution in [0, 0.1) is 6.92 Å². The maximum Gasteiger partial charge on any atom is 0.215 e. The van der Waals surface area contributed by atoms with Gasteiger partial charge in [-0.2, -0.15) is 0 Å². The van der Waals surface area contributed by atoms with Gasteiger partial charge in [0.05, 0.1) is 12.3 Å². The van der Waals surface area contributed by atoms with Crippen LogP contribution < -0.4 is 20.3 Å². The normalized spacial score (nSPS) is 17.1. The van der Waals surface area contributed by atoms with Crippen LogP contribution in [-0.4, -0.2) is 47.1 Å². The van der Waals surface area contributed by atoms with E-state index < -0.39 is 10.0 Å². The summed E-state index contributed by atoms with van der Waals surface area (Å²) in [5.74, 6) is 0.788. The van der Waals surface area contributed by atoms with E-state index >= 15 is 0 Å². The minimum absolute atomic E-state index is 0.0175. The SMILES string of the molecule is CCNC(=NCc1ccc(CS(=O)(=O)NC)cc1)NC1CCN(c2ccc(C)cc2)C1. The average molecular weight is 444 g/mol. The molecular formula is C23H33N5O2S. The summed E-state index contributed by atoms with van der Waals surface area (Å²) in [5, 5.41) is 6.88. The second-order valence-corrected chi connectivity index (χ2v) is 9.81. The highest BCUT2D eigenvalue weighted by Gasteiger charge is 2.23. The quantitative estimate of drug-likeness (QED) is 0.431. The standard InChI is InChI=1S/C23H33N5O2S/c1-4-25-23(26-15-19-7-9-20(10-8-19)17-31(29,30)24-3)27-21-13-14-28(16-21)22-11-5-18(2)6-12-22/h5-12,21,24H,4,13-17H2,1-3H3,(H2,25,26,27). The first-order valence-corrected chi connectivity index (χ1v) is 12.4. The third-order valence-corrected chi connectivity index (χ3v) is 6.72. The van der Waals surface area contributed by atoms with Crippen molar-refractivity contribution < 1.29 is 8.42 Å². The number of hydrogen-bond acceptors (Lipinski definition) is 4. The van der Waals surface area contributed by atoms with Crippen LogP contribution in [0.15, 0.2) is 53.5 Å². The van der Waals surface area contributed by atoms with Crippen LogP contribution in [0.4, 0.5) is 5.69 Å². The van der Waals surface area contributed by atoms with Crippen LogP contribution in [0.2, 0.25) is 0 Å². The molecule has 1 heterocycles. The molecule has 3 N–H and O–H groups in total. The molecule has 7 nitrogen and oxygen atoms in total. The summed E-state index contributed by atoms with van der Waals surface area (Å²) >= 11 is 0. The molecule has 0 radical (unpaired) electrons. The first kappa shape index (κ1) is 23.1. The minimum atomic E-state index is -3.26. The maximum atomic E-state index is 11.7. The predicted molar refractivity (Wildman–Crippen MR) is 128 cm³/mol. The Morgan fingerprint density at radius 1 is 1.10 bits per heavy atom. The lowest BCUT2D eigenvalue weighted by Gasteiger charge is -2.20. The molecule has 0 saturated carbocycles. The van der Waals surface area contributed by atoms with Crippen LogP contribution >= 0.6 is 0 Å². The third-order valence-electron chi connectivity index (χ3n) is 5.38. The van der Waals surface area contributed by atoms with Gasteiger partial charge in [0.25, 0.3) is 0 Å². The number of guanidine groups is 1. The Morgan fingerprint density at radius 3 is 2.42 bits per heavy atom. The largest absolute Gasteiger partial charge is 0.369 e. The molecule has 1 saturated heterocycles. The molecule has 168 valence electrons. The molecule has 0 aliphatic carbocycles. The van der Waals surface area contributed by atoms with E-state index in [2.05, 4.69) is 58.4 Å². The first-order chi connectivity index (χ1) is 14.9. The monoisotopic (exact) mass is 443 g/mol. The zero-order chi connectivity index (χ0) is 22.3. The number of hydrogen-bond donors (Lipinski definition) is 3. The molecular weight excluding hydrogens is 410 g/mol. The summed E-state index contributed by atoms with van der Waals surface area (Å²) in [4.78, 5) is 7.12. The van der Waals surface area contributed by atoms with E-state index in [1.165, 1.54) is 18.3 Å². The van der Waals surface area contributed by atoms with Gasteiger partial charge in [-0.1, -0.05) is 42.0 Å². The van der Waals surface area contributed by atoms with Crippen LogP contribution in [0.3, 0.4) is 0 Å². The number of aryl methyl sites for hydroxylation is 1. The molecule has 0 bridgehead atoms. The Balaban J connectivity index is 1.57. The van der Waals surface area contributed by atoms with Gasteiger partial charge in [0.2, 0.25) is 10.0 Å². The molecule has 0 amide bonds. The highest BCUT2D eigenvalue weighted by Crippen LogP contribution is 2.20. The maximum absolute atomic E-state index is 11.7. The molecule has 0 aromatic heterocycles. The van der Waals surface area contributed by atoms with Crippen molar-refractivity contribution in [2.75, 3.05) is 31.6 Å². The second kappa shape index (κ2) is 10.6. The van der Waals surface area contributed by atoms with E-state index in [9.17, 15) is 8.42 Å². The average Bonchev–Trinajstić information content (AvgIpc) is 3.22. The third kappa shape index (κ3) is 6.97. The lowest BCUT2D eigenvalue weighted by Crippen LogP contribution is -2.44. The smallest absolute Gasteiger partial charge is 0.215 e. The summed E-state index contributed by atoms with van der Waals surface area (Å²) in [7, 11) is -1.83. The number of anilines is 1. The van der Waals surface area contributed by atoms with Gasteiger partial charge >= 0.3 is 0 Å². The molecule has 1 unspecified atom stereocenters. The Bertz CT molecular complexity index is 972. The summed E-state index contributed by atoms with van der Waals surface area (Å²) in [6, 6.07) is 16.6. The van der Waals surface area contributed by atoms with Crippen molar-refractivity contribution in [3.8, 4) is 0 Å². The molecule has 2 aromatic rings. The molecule has 1 aliphatic rings. The van der Waals surface area contributed by atoms with Gasteiger partial charge < -0.3 is 15.5 Å². The van der Waals surface area contributed by atoms with Crippen molar-refractivity contribution in [3.05, 3.63) is 65.2 Å². The number of nitrogens with zero attached hydrogens (tertiary/aromatic N) is 2. The summed E-state index contributed by atoms with van der Waals surface area (Å²) < 4.78 is 25.7. The van der Waals surface area contributed by atoms with E-state index in [-0.39, 0.29) is 5.75 Å². The number of nitrogens with one attached hydrogen (secondary N) is 3. The Hall–Kier alpha value is -2.58. The summed E-state index contributed by atoms with van der Waals surface area (Å²) in [6.07, 6.45) is 1.06. The van der Waals surface area contributed by atoms with Crippen molar-refractivity contribution in [1.82, 2.24) is 15.4 Å². The molecule has 31 heavy (non-hydrogen) atoms. The molecule has 1 atom stereocenters. The van der Waals surface area contributed by atoms with Gasteiger partial charge in [-0.15, -0.1) is 0 Å². The van der Waals surface area contributed by atoms with Crippen molar-refractivity contribution in [2.24, 2.45) is 4.99 Å². The predicted octanol–water partition coefficient (Wildman–Crippen LogP) is 2.38. The van der Waals surface area contributed by atoms with E-state index in [0.717, 1.165) is 43.1 Å². The molecule has 1 aliphatic heterocycles. The number of sulfonamides is 1. The number of rotatable bonds is 8. The zero-order valence-electron chi connectivity index (χ0n) is 18.6. The summed E-state index contributed by atoms with van der Waals surface area (Å²) in [5.41, 5.74) is 4.33. The van der Waals surface area contributed by atoms with E-state index in [0.29, 0.717) is 12.6 Å².